The molecule has 1 aliphatic rings. The van der Waals surface area contributed by atoms with Crippen LogP contribution in [0.5, 0.6) is 0 Å². The molecule has 4 N–H and O–H groups in total. The maximum absolute atomic E-state index is 11.9. The Morgan fingerprint density at radius 3 is 2.38 bits per heavy atom. The normalized spacial score (nSPS) is 20.2. The van der Waals surface area contributed by atoms with Crippen molar-refractivity contribution in [1.82, 2.24) is 16.0 Å². The van der Waals surface area contributed by atoms with Crippen LogP contribution < -0.4 is 74.1 Å². The van der Waals surface area contributed by atoms with Crippen LogP contribution in [0.15, 0.2) is 0 Å². The molecule has 0 spiro atoms. The van der Waals surface area contributed by atoms with Gasteiger partial charge in [0.15, 0.2) is 0 Å². The number of carbonyl (C=O) groups excluding carboxylic acids is 3. The maximum atomic E-state index is 11.9. The molecule has 0 bridgehead atoms. The SMILES string of the molecule is CC(C)CCCCNC(=O)C[C@H]1NC(=O)[C@@H](CCC[NH-])NC1=O.[Rb+]. The molecule has 1 fully saturated rings. The Labute approximate surface area is 193 Å². The first-order valence-corrected chi connectivity index (χ1v) is 8.46. The minimum Gasteiger partial charge on any atom is -0.677 e. The van der Waals surface area contributed by atoms with Gasteiger partial charge in [0.25, 0.3) is 0 Å². The van der Waals surface area contributed by atoms with Crippen LogP contribution in [0.25, 0.3) is 5.73 Å². The molecular weight excluding hydrogens is 382 g/mol. The molecule has 1 aliphatic heterocycles. The second-order valence-corrected chi connectivity index (χ2v) is 6.46. The average Bonchev–Trinajstić information content (AvgIpc) is 2.48. The van der Waals surface area contributed by atoms with E-state index in [-0.39, 0.29) is 88.9 Å². The zero-order valence-corrected chi connectivity index (χ0v) is 20.0. The van der Waals surface area contributed by atoms with Gasteiger partial charge in [0.1, 0.15) is 12.1 Å². The Hall–Kier alpha value is 0.175. The van der Waals surface area contributed by atoms with E-state index >= 15 is 0 Å². The molecule has 24 heavy (non-hydrogen) atoms. The summed E-state index contributed by atoms with van der Waals surface area (Å²) in [4.78, 5) is 35.7. The number of carbonyl (C=O) groups is 3. The molecule has 8 heteroatoms. The molecule has 7 nitrogen and oxygen atoms in total. The summed E-state index contributed by atoms with van der Waals surface area (Å²) < 4.78 is 0. The predicted molar refractivity (Wildman–Crippen MR) is 88.6 cm³/mol. The van der Waals surface area contributed by atoms with Gasteiger partial charge >= 0.3 is 58.2 Å². The Bertz CT molecular complexity index is 418. The summed E-state index contributed by atoms with van der Waals surface area (Å²) in [6.07, 6.45) is 4.10. The van der Waals surface area contributed by atoms with E-state index < -0.39 is 12.1 Å². The maximum Gasteiger partial charge on any atom is 1.00 e. The third-order valence-electron chi connectivity index (χ3n) is 3.86. The molecule has 1 heterocycles. The number of unbranched alkanes of at least 4 members (excludes halogenated alkanes) is 1. The summed E-state index contributed by atoms with van der Waals surface area (Å²) in [7, 11) is 0. The molecule has 0 unspecified atom stereocenters. The minimum absolute atomic E-state index is 0. The van der Waals surface area contributed by atoms with E-state index in [0.717, 1.165) is 19.3 Å². The van der Waals surface area contributed by atoms with Gasteiger partial charge < -0.3 is 21.7 Å². The number of piperazine rings is 1. The summed E-state index contributed by atoms with van der Waals surface area (Å²) in [5.41, 5.74) is 7.09. The first-order chi connectivity index (χ1) is 10.9. The Morgan fingerprint density at radius 1 is 1.12 bits per heavy atom. The number of rotatable bonds is 10. The van der Waals surface area contributed by atoms with Crippen molar-refractivity contribution in [2.75, 3.05) is 13.1 Å². The average molecular weight is 411 g/mol. The smallest absolute Gasteiger partial charge is 0.677 e. The third-order valence-corrected chi connectivity index (χ3v) is 3.86. The van der Waals surface area contributed by atoms with Gasteiger partial charge in [-0.3, -0.25) is 14.4 Å². The van der Waals surface area contributed by atoms with E-state index in [1.165, 1.54) is 0 Å². The summed E-state index contributed by atoms with van der Waals surface area (Å²) in [6, 6.07) is -1.38. The van der Waals surface area contributed by atoms with Gasteiger partial charge in [0.2, 0.25) is 17.7 Å². The molecule has 3 amide bonds. The number of hydrogen-bond donors (Lipinski definition) is 3. The summed E-state index contributed by atoms with van der Waals surface area (Å²) in [6.45, 7) is 5.16. The van der Waals surface area contributed by atoms with Crippen molar-refractivity contribution in [2.24, 2.45) is 5.92 Å². The molecule has 1 rings (SSSR count). The van der Waals surface area contributed by atoms with Crippen molar-refractivity contribution in [3.05, 3.63) is 5.73 Å². The first-order valence-electron chi connectivity index (χ1n) is 8.46. The van der Waals surface area contributed by atoms with Crippen LogP contribution in [0.2, 0.25) is 0 Å². The second-order valence-electron chi connectivity index (χ2n) is 6.46. The molecule has 1 saturated heterocycles. The van der Waals surface area contributed by atoms with E-state index in [1.807, 2.05) is 0 Å². The Kier molecular flexibility index (Phi) is 13.5. The zero-order chi connectivity index (χ0) is 17.2. The van der Waals surface area contributed by atoms with Crippen LogP contribution in [0.1, 0.15) is 52.4 Å². The summed E-state index contributed by atoms with van der Waals surface area (Å²) >= 11 is 0. The molecule has 0 aromatic heterocycles. The van der Waals surface area contributed by atoms with Crippen LogP contribution in [-0.2, 0) is 14.4 Å². The van der Waals surface area contributed by atoms with Crippen molar-refractivity contribution in [3.63, 3.8) is 0 Å². The van der Waals surface area contributed by atoms with Crippen molar-refractivity contribution in [2.45, 2.75) is 64.5 Å². The standard InChI is InChI=1S/C16H29N4O3.Rb/c1-11(2)6-3-4-9-18-14(21)10-13-16(23)19-12(7-5-8-17)15(22)20-13;/h11-13,17H,3-10H2,1-2H3,(H,18,21)(H,19,23)(H,20,22);/q-1;+1/t12-,13-;/m1./s1. The molecule has 0 radical (unpaired) electrons. The van der Waals surface area contributed by atoms with Gasteiger partial charge in [0, 0.05) is 6.54 Å². The van der Waals surface area contributed by atoms with Crippen LogP contribution >= 0.6 is 0 Å². The number of amides is 3. The molecule has 0 saturated carbocycles. The largest absolute Gasteiger partial charge is 1.00 e. The minimum atomic E-state index is -0.801. The molecule has 132 valence electrons. The Morgan fingerprint density at radius 2 is 1.75 bits per heavy atom. The topological polar surface area (TPSA) is 111 Å². The fraction of sp³-hybridized carbons (Fsp3) is 0.812. The molecule has 0 aliphatic carbocycles. The van der Waals surface area contributed by atoms with Crippen LogP contribution in [-0.4, -0.2) is 42.9 Å². The zero-order valence-electron chi connectivity index (χ0n) is 15.1. The summed E-state index contributed by atoms with van der Waals surface area (Å²) in [5, 5.41) is 8.02. The number of hydrogen-bond acceptors (Lipinski definition) is 3. The van der Waals surface area contributed by atoms with Crippen molar-refractivity contribution >= 4 is 17.7 Å². The molecule has 0 aromatic carbocycles. The quantitative estimate of drug-likeness (QED) is 0.367. The van der Waals surface area contributed by atoms with Gasteiger partial charge in [-0.1, -0.05) is 33.1 Å². The number of nitrogens with one attached hydrogen (secondary N) is 4. The fourth-order valence-corrected chi connectivity index (χ4v) is 2.49. The molecule has 0 aromatic rings. The van der Waals surface area contributed by atoms with Crippen LogP contribution in [0, 0.1) is 5.92 Å². The predicted octanol–water partition coefficient (Wildman–Crippen LogP) is -1.86. The van der Waals surface area contributed by atoms with E-state index in [0.29, 0.717) is 25.3 Å². The van der Waals surface area contributed by atoms with E-state index in [9.17, 15) is 14.4 Å². The van der Waals surface area contributed by atoms with Gasteiger partial charge in [-0.25, -0.2) is 0 Å². The Balaban J connectivity index is 0.00000529. The molecule has 2 atom stereocenters. The fourth-order valence-electron chi connectivity index (χ4n) is 2.49. The molecular formula is C16H29N4O3Rb. The van der Waals surface area contributed by atoms with Crippen molar-refractivity contribution in [3.8, 4) is 0 Å². The van der Waals surface area contributed by atoms with Crippen molar-refractivity contribution < 1.29 is 72.6 Å². The van der Waals surface area contributed by atoms with Gasteiger partial charge in [0.05, 0.1) is 6.42 Å². The van der Waals surface area contributed by atoms with Gasteiger partial charge in [-0.2, -0.15) is 6.54 Å². The van der Waals surface area contributed by atoms with E-state index in [1.54, 1.807) is 0 Å². The summed E-state index contributed by atoms with van der Waals surface area (Å²) in [5.74, 6) is -0.156. The first kappa shape index (κ1) is 24.2. The third kappa shape index (κ3) is 9.60. The van der Waals surface area contributed by atoms with Crippen LogP contribution in [0.4, 0.5) is 0 Å². The second kappa shape index (κ2) is 13.4. The van der Waals surface area contributed by atoms with Gasteiger partial charge in [-0.05, 0) is 18.8 Å². The van der Waals surface area contributed by atoms with E-state index in [2.05, 4.69) is 29.8 Å². The van der Waals surface area contributed by atoms with E-state index in [4.69, 9.17) is 5.73 Å². The van der Waals surface area contributed by atoms with Gasteiger partial charge in [-0.15, -0.1) is 0 Å². The monoisotopic (exact) mass is 410 g/mol. The van der Waals surface area contributed by atoms with Crippen LogP contribution in [0.3, 0.4) is 0 Å². The van der Waals surface area contributed by atoms with Crippen molar-refractivity contribution in [1.29, 1.82) is 0 Å².